The number of rotatable bonds is 5. The molecule has 1 unspecified atom stereocenters. The Labute approximate surface area is 140 Å². The van der Waals surface area contributed by atoms with Crippen molar-refractivity contribution >= 4 is 37.6 Å². The van der Waals surface area contributed by atoms with Gasteiger partial charge in [-0.05, 0) is 67.0 Å². The predicted molar refractivity (Wildman–Crippen MR) is 89.2 cm³/mol. The molecule has 1 heterocycles. The fourth-order valence-electron chi connectivity index (χ4n) is 2.54. The Hall–Kier alpha value is -0.140. The number of halogens is 2. The van der Waals surface area contributed by atoms with Crippen LogP contribution in [0.2, 0.25) is 5.02 Å². The van der Waals surface area contributed by atoms with Crippen molar-refractivity contribution in [2.45, 2.75) is 37.1 Å². The maximum Gasteiger partial charge on any atom is 0.240 e. The molecule has 21 heavy (non-hydrogen) atoms. The number of nitrogens with one attached hydrogen (secondary N) is 1. The molecule has 1 aliphatic rings. The van der Waals surface area contributed by atoms with Gasteiger partial charge in [0, 0.05) is 17.1 Å². The van der Waals surface area contributed by atoms with Crippen LogP contribution < -0.4 is 4.72 Å². The van der Waals surface area contributed by atoms with Crippen LogP contribution in [0.4, 0.5) is 0 Å². The summed E-state index contributed by atoms with van der Waals surface area (Å²) in [5, 5.41) is 0.496. The van der Waals surface area contributed by atoms with Crippen LogP contribution in [0.15, 0.2) is 27.6 Å². The van der Waals surface area contributed by atoms with Crippen molar-refractivity contribution in [3.8, 4) is 0 Å². The van der Waals surface area contributed by atoms with Crippen LogP contribution in [0.3, 0.4) is 0 Å². The van der Waals surface area contributed by atoms with E-state index < -0.39 is 10.0 Å². The molecule has 0 bridgehead atoms. The van der Waals surface area contributed by atoms with Gasteiger partial charge in [-0.25, -0.2) is 13.1 Å². The topological polar surface area (TPSA) is 49.4 Å². The van der Waals surface area contributed by atoms with Gasteiger partial charge in [-0.2, -0.15) is 0 Å². The summed E-state index contributed by atoms with van der Waals surface area (Å²) in [6, 6.07) is 4.50. The van der Waals surface area contributed by atoms with E-state index in [9.17, 15) is 8.42 Å². The summed E-state index contributed by atoms with van der Waals surface area (Å²) in [5.41, 5.74) is 0. The average Bonchev–Trinajstić information content (AvgIpc) is 2.42. The van der Waals surface area contributed by atoms with Gasteiger partial charge in [-0.3, -0.25) is 0 Å². The Morgan fingerprint density at radius 1 is 1.33 bits per heavy atom. The molecule has 7 heteroatoms. The van der Waals surface area contributed by atoms with Crippen LogP contribution >= 0.6 is 27.5 Å². The second-order valence-corrected chi connectivity index (χ2v) is 8.44. The van der Waals surface area contributed by atoms with Crippen molar-refractivity contribution in [1.29, 1.82) is 0 Å². The van der Waals surface area contributed by atoms with Crippen molar-refractivity contribution in [2.24, 2.45) is 0 Å². The van der Waals surface area contributed by atoms with E-state index in [4.69, 9.17) is 11.6 Å². The first kappa shape index (κ1) is 17.2. The molecule has 1 saturated heterocycles. The van der Waals surface area contributed by atoms with E-state index in [1.165, 1.54) is 31.4 Å². The van der Waals surface area contributed by atoms with E-state index in [1.807, 2.05) is 6.92 Å². The van der Waals surface area contributed by atoms with Gasteiger partial charge >= 0.3 is 0 Å². The van der Waals surface area contributed by atoms with E-state index in [1.54, 1.807) is 6.07 Å². The van der Waals surface area contributed by atoms with Gasteiger partial charge in [0.05, 0.1) is 9.92 Å². The van der Waals surface area contributed by atoms with Crippen LogP contribution in [-0.4, -0.2) is 39.0 Å². The number of benzene rings is 1. The van der Waals surface area contributed by atoms with E-state index >= 15 is 0 Å². The first-order valence-electron chi connectivity index (χ1n) is 7.08. The fraction of sp³-hybridized carbons (Fsp3) is 0.571. The minimum atomic E-state index is -3.51. The Balaban J connectivity index is 2.00. The van der Waals surface area contributed by atoms with Gasteiger partial charge in [0.1, 0.15) is 0 Å². The molecule has 0 aromatic heterocycles. The zero-order chi connectivity index (χ0) is 15.5. The minimum absolute atomic E-state index is 0.123. The molecule has 1 atom stereocenters. The van der Waals surface area contributed by atoms with E-state index in [-0.39, 0.29) is 10.9 Å². The van der Waals surface area contributed by atoms with Crippen LogP contribution in [0.1, 0.15) is 26.2 Å². The summed E-state index contributed by atoms with van der Waals surface area (Å²) in [6.07, 6.45) is 3.67. The molecule has 0 saturated carbocycles. The molecule has 1 aromatic carbocycles. The van der Waals surface area contributed by atoms with Crippen LogP contribution in [0, 0.1) is 0 Å². The SMILES string of the molecule is CC(CN1CCCCC1)NS(=O)(=O)c1ccc(Cl)c(Br)c1. The molecule has 0 radical (unpaired) electrons. The first-order chi connectivity index (χ1) is 9.88. The maximum atomic E-state index is 12.4. The summed E-state index contributed by atoms with van der Waals surface area (Å²) in [4.78, 5) is 2.54. The summed E-state index contributed by atoms with van der Waals surface area (Å²) >= 11 is 9.15. The third-order valence-electron chi connectivity index (χ3n) is 3.54. The number of piperidine rings is 1. The molecule has 1 N–H and O–H groups in total. The van der Waals surface area contributed by atoms with Gasteiger partial charge in [-0.15, -0.1) is 0 Å². The van der Waals surface area contributed by atoms with Gasteiger partial charge in [0.25, 0.3) is 0 Å². The van der Waals surface area contributed by atoms with Crippen molar-refractivity contribution in [3.05, 3.63) is 27.7 Å². The lowest BCUT2D eigenvalue weighted by Crippen LogP contribution is -2.43. The van der Waals surface area contributed by atoms with Crippen molar-refractivity contribution in [3.63, 3.8) is 0 Å². The van der Waals surface area contributed by atoms with E-state index in [0.29, 0.717) is 9.50 Å². The highest BCUT2D eigenvalue weighted by Gasteiger charge is 2.20. The van der Waals surface area contributed by atoms with Crippen molar-refractivity contribution in [1.82, 2.24) is 9.62 Å². The Morgan fingerprint density at radius 2 is 2.00 bits per heavy atom. The summed E-state index contributed by atoms with van der Waals surface area (Å²) < 4.78 is 28.0. The Bertz CT molecular complexity index is 589. The Kier molecular flexibility index (Phi) is 6.08. The van der Waals surface area contributed by atoms with E-state index in [2.05, 4.69) is 25.6 Å². The maximum absolute atomic E-state index is 12.4. The smallest absolute Gasteiger partial charge is 0.240 e. The molecule has 4 nitrogen and oxygen atoms in total. The zero-order valence-electron chi connectivity index (χ0n) is 12.0. The number of hydrogen-bond acceptors (Lipinski definition) is 3. The van der Waals surface area contributed by atoms with E-state index in [0.717, 1.165) is 19.6 Å². The van der Waals surface area contributed by atoms with Gasteiger partial charge in [-0.1, -0.05) is 18.0 Å². The molecular weight excluding hydrogens is 376 g/mol. The zero-order valence-corrected chi connectivity index (χ0v) is 15.1. The molecule has 0 spiro atoms. The normalized spacial score (nSPS) is 18.6. The predicted octanol–water partition coefficient (Wildman–Crippen LogP) is 3.26. The molecule has 0 amide bonds. The third-order valence-corrected chi connectivity index (χ3v) is 6.34. The molecule has 2 rings (SSSR count). The molecule has 1 aliphatic heterocycles. The highest BCUT2D eigenvalue weighted by Crippen LogP contribution is 2.25. The second kappa shape index (κ2) is 7.42. The van der Waals surface area contributed by atoms with Crippen molar-refractivity contribution < 1.29 is 8.42 Å². The number of likely N-dealkylation sites (tertiary alicyclic amines) is 1. The quantitative estimate of drug-likeness (QED) is 0.832. The molecule has 1 fully saturated rings. The summed E-state index contributed by atoms with van der Waals surface area (Å²) in [5.74, 6) is 0. The number of nitrogens with zero attached hydrogens (tertiary/aromatic N) is 1. The highest BCUT2D eigenvalue weighted by molar-refractivity contribution is 9.10. The molecular formula is C14H20BrClN2O2S. The molecule has 0 aliphatic carbocycles. The molecule has 1 aromatic rings. The monoisotopic (exact) mass is 394 g/mol. The van der Waals surface area contributed by atoms with Crippen molar-refractivity contribution in [2.75, 3.05) is 19.6 Å². The number of sulfonamides is 1. The van der Waals surface area contributed by atoms with Crippen LogP contribution in [0.25, 0.3) is 0 Å². The highest BCUT2D eigenvalue weighted by atomic mass is 79.9. The lowest BCUT2D eigenvalue weighted by molar-refractivity contribution is 0.215. The van der Waals surface area contributed by atoms with Crippen LogP contribution in [-0.2, 0) is 10.0 Å². The lowest BCUT2D eigenvalue weighted by Gasteiger charge is -2.29. The third kappa shape index (κ3) is 4.93. The largest absolute Gasteiger partial charge is 0.302 e. The fourth-order valence-corrected chi connectivity index (χ4v) is 4.45. The summed E-state index contributed by atoms with van der Waals surface area (Å²) in [6.45, 7) is 4.75. The first-order valence-corrected chi connectivity index (χ1v) is 9.73. The second-order valence-electron chi connectivity index (χ2n) is 5.46. The average molecular weight is 396 g/mol. The van der Waals surface area contributed by atoms with Crippen LogP contribution in [0.5, 0.6) is 0 Å². The number of hydrogen-bond donors (Lipinski definition) is 1. The Morgan fingerprint density at radius 3 is 2.62 bits per heavy atom. The van der Waals surface area contributed by atoms with Gasteiger partial charge in [0.2, 0.25) is 10.0 Å². The van der Waals surface area contributed by atoms with Gasteiger partial charge in [0.15, 0.2) is 0 Å². The summed E-state index contributed by atoms with van der Waals surface area (Å²) in [7, 11) is -3.51. The standard InChI is InChI=1S/C14H20BrClN2O2S/c1-11(10-18-7-3-2-4-8-18)17-21(19,20)12-5-6-14(16)13(15)9-12/h5-6,9,11,17H,2-4,7-8,10H2,1H3. The lowest BCUT2D eigenvalue weighted by atomic mass is 10.1. The van der Waals surface area contributed by atoms with Gasteiger partial charge < -0.3 is 4.90 Å². The molecule has 118 valence electrons. The minimum Gasteiger partial charge on any atom is -0.302 e.